The van der Waals surface area contributed by atoms with E-state index in [2.05, 4.69) is 26.7 Å². The zero-order chi connectivity index (χ0) is 23.5. The Morgan fingerprint density at radius 1 is 1.24 bits per heavy atom. The van der Waals surface area contributed by atoms with E-state index in [0.717, 1.165) is 37.1 Å². The van der Waals surface area contributed by atoms with Gasteiger partial charge in [-0.05, 0) is 49.2 Å². The van der Waals surface area contributed by atoms with Crippen LogP contribution < -0.4 is 16.4 Å². The number of nitrogens with zero attached hydrogens (tertiary/aromatic N) is 5. The van der Waals surface area contributed by atoms with Crippen molar-refractivity contribution in [3.8, 4) is 17.3 Å². The molecular weight excluding hydrogens is 428 g/mol. The number of nitrogens with one attached hydrogen (secondary N) is 2. The number of carbonyl (C=O) groups is 1. The summed E-state index contributed by atoms with van der Waals surface area (Å²) in [6.45, 7) is 2.18. The molecule has 5 rings (SSSR count). The van der Waals surface area contributed by atoms with Gasteiger partial charge in [-0.2, -0.15) is 10.4 Å². The second-order valence-corrected chi connectivity index (χ2v) is 8.32. The van der Waals surface area contributed by atoms with Crippen molar-refractivity contribution in [2.45, 2.75) is 25.4 Å². The Hall–Kier alpha value is -4.29. The van der Waals surface area contributed by atoms with Crippen molar-refractivity contribution in [3.63, 3.8) is 0 Å². The van der Waals surface area contributed by atoms with E-state index in [1.165, 1.54) is 6.33 Å². The molecule has 0 spiro atoms. The predicted octanol–water partition coefficient (Wildman–Crippen LogP) is 2.80. The molecule has 4 aromatic rings. The molecule has 170 valence electrons. The first-order valence-corrected chi connectivity index (χ1v) is 11.2. The Morgan fingerprint density at radius 2 is 2.09 bits per heavy atom. The van der Waals surface area contributed by atoms with E-state index in [0.29, 0.717) is 40.2 Å². The molecule has 1 fully saturated rings. The van der Waals surface area contributed by atoms with Crippen LogP contribution in [-0.4, -0.2) is 38.7 Å². The SMILES string of the molecule is N#Cc1ccc(CNC(=O)c2cccc(-c3nn([C@@H]4CCCNC4)c4ncnc(N)c34)c2)cc1. The maximum atomic E-state index is 12.9. The number of amides is 1. The summed E-state index contributed by atoms with van der Waals surface area (Å²) in [6, 6.07) is 16.7. The fraction of sp³-hybridized carbons (Fsp3) is 0.240. The summed E-state index contributed by atoms with van der Waals surface area (Å²) in [5.74, 6) is 0.168. The number of fused-ring (bicyclic) bond motifs is 1. The molecule has 0 unspecified atom stereocenters. The van der Waals surface area contributed by atoms with E-state index in [9.17, 15) is 4.79 Å². The Kier molecular flexibility index (Phi) is 5.89. The molecule has 9 heteroatoms. The number of aromatic nitrogens is 4. The maximum Gasteiger partial charge on any atom is 0.251 e. The van der Waals surface area contributed by atoms with Gasteiger partial charge in [0.05, 0.1) is 23.1 Å². The molecule has 0 saturated carbocycles. The van der Waals surface area contributed by atoms with Gasteiger partial charge in [0.1, 0.15) is 17.8 Å². The minimum Gasteiger partial charge on any atom is -0.383 e. The van der Waals surface area contributed by atoms with Crippen molar-refractivity contribution in [2.24, 2.45) is 0 Å². The molecule has 0 radical (unpaired) electrons. The second-order valence-electron chi connectivity index (χ2n) is 8.32. The van der Waals surface area contributed by atoms with Gasteiger partial charge in [-0.3, -0.25) is 4.79 Å². The standard InChI is InChI=1S/C25H24N8O/c26-12-16-6-8-17(9-7-16)13-29-25(34)19-4-1-3-18(11-19)22-21-23(27)30-15-31-24(21)33(32-22)20-5-2-10-28-14-20/h1,3-4,6-9,11,15,20,28H,2,5,10,13-14H2,(H,29,34)(H2,27,30,31)/t20-/m1/s1. The molecule has 34 heavy (non-hydrogen) atoms. The number of hydrogen-bond acceptors (Lipinski definition) is 7. The van der Waals surface area contributed by atoms with Gasteiger partial charge in [-0.25, -0.2) is 14.6 Å². The lowest BCUT2D eigenvalue weighted by Crippen LogP contribution is -2.32. The Balaban J connectivity index is 1.44. The third-order valence-corrected chi connectivity index (χ3v) is 6.07. The van der Waals surface area contributed by atoms with Crippen LogP contribution in [0.15, 0.2) is 54.9 Å². The lowest BCUT2D eigenvalue weighted by molar-refractivity contribution is 0.0951. The van der Waals surface area contributed by atoms with Crippen LogP contribution in [-0.2, 0) is 6.54 Å². The number of hydrogen-bond donors (Lipinski definition) is 3. The highest BCUT2D eigenvalue weighted by Crippen LogP contribution is 2.33. The summed E-state index contributed by atoms with van der Waals surface area (Å²) in [5.41, 5.74) is 10.4. The zero-order valence-electron chi connectivity index (χ0n) is 18.5. The van der Waals surface area contributed by atoms with E-state index in [1.54, 1.807) is 18.2 Å². The van der Waals surface area contributed by atoms with Crippen molar-refractivity contribution >= 4 is 22.8 Å². The molecule has 1 atom stereocenters. The van der Waals surface area contributed by atoms with Gasteiger partial charge in [0, 0.05) is 24.2 Å². The molecule has 3 heterocycles. The van der Waals surface area contributed by atoms with Crippen molar-refractivity contribution in [2.75, 3.05) is 18.8 Å². The molecule has 2 aromatic heterocycles. The monoisotopic (exact) mass is 452 g/mol. The average molecular weight is 453 g/mol. The van der Waals surface area contributed by atoms with Crippen LogP contribution in [0.2, 0.25) is 0 Å². The lowest BCUT2D eigenvalue weighted by atomic mass is 10.1. The molecule has 1 aliphatic heterocycles. The highest BCUT2D eigenvalue weighted by molar-refractivity contribution is 6.00. The number of anilines is 1. The largest absolute Gasteiger partial charge is 0.383 e. The van der Waals surface area contributed by atoms with E-state index in [-0.39, 0.29) is 11.9 Å². The third-order valence-electron chi connectivity index (χ3n) is 6.07. The molecule has 0 bridgehead atoms. The summed E-state index contributed by atoms with van der Waals surface area (Å²) >= 11 is 0. The van der Waals surface area contributed by atoms with Gasteiger partial charge < -0.3 is 16.4 Å². The van der Waals surface area contributed by atoms with Crippen LogP contribution in [0.25, 0.3) is 22.3 Å². The van der Waals surface area contributed by atoms with Gasteiger partial charge in [0.2, 0.25) is 0 Å². The number of nitriles is 1. The van der Waals surface area contributed by atoms with Crippen molar-refractivity contribution in [1.82, 2.24) is 30.4 Å². The van der Waals surface area contributed by atoms with Crippen LogP contribution >= 0.6 is 0 Å². The predicted molar refractivity (Wildman–Crippen MR) is 129 cm³/mol. The molecule has 2 aromatic carbocycles. The highest BCUT2D eigenvalue weighted by Gasteiger charge is 2.23. The number of carbonyl (C=O) groups excluding carboxylic acids is 1. The Labute approximate surface area is 196 Å². The van der Waals surface area contributed by atoms with E-state index >= 15 is 0 Å². The molecule has 1 aliphatic rings. The molecule has 9 nitrogen and oxygen atoms in total. The summed E-state index contributed by atoms with van der Waals surface area (Å²) in [7, 11) is 0. The summed E-state index contributed by atoms with van der Waals surface area (Å²) < 4.78 is 1.94. The number of nitrogen functional groups attached to an aromatic ring is 1. The molecule has 4 N–H and O–H groups in total. The first kappa shape index (κ1) is 21.6. The smallest absolute Gasteiger partial charge is 0.251 e. The van der Waals surface area contributed by atoms with Crippen LogP contribution in [0, 0.1) is 11.3 Å². The van der Waals surface area contributed by atoms with E-state index < -0.39 is 0 Å². The van der Waals surface area contributed by atoms with Crippen molar-refractivity contribution < 1.29 is 4.79 Å². The quantitative estimate of drug-likeness (QED) is 0.424. The first-order valence-electron chi connectivity index (χ1n) is 11.2. The molecule has 0 aliphatic carbocycles. The lowest BCUT2D eigenvalue weighted by Gasteiger charge is -2.23. The van der Waals surface area contributed by atoms with Crippen LogP contribution in [0.4, 0.5) is 5.82 Å². The fourth-order valence-electron chi connectivity index (χ4n) is 4.28. The summed E-state index contributed by atoms with van der Waals surface area (Å²) in [5, 5.41) is 20.9. The van der Waals surface area contributed by atoms with E-state index in [1.807, 2.05) is 35.0 Å². The number of piperidine rings is 1. The normalized spacial score (nSPS) is 15.7. The van der Waals surface area contributed by atoms with Crippen LogP contribution in [0.5, 0.6) is 0 Å². The van der Waals surface area contributed by atoms with Gasteiger partial charge in [-0.1, -0.05) is 24.3 Å². The van der Waals surface area contributed by atoms with Gasteiger partial charge in [-0.15, -0.1) is 0 Å². The first-order chi connectivity index (χ1) is 16.6. The summed E-state index contributed by atoms with van der Waals surface area (Å²) in [6.07, 6.45) is 3.53. The van der Waals surface area contributed by atoms with Gasteiger partial charge >= 0.3 is 0 Å². The number of rotatable bonds is 5. The number of nitrogens with two attached hydrogens (primary N) is 1. The highest BCUT2D eigenvalue weighted by atomic mass is 16.1. The van der Waals surface area contributed by atoms with Crippen molar-refractivity contribution in [1.29, 1.82) is 5.26 Å². The molecular formula is C25H24N8O. The molecule has 1 amide bonds. The second kappa shape index (κ2) is 9.29. The van der Waals surface area contributed by atoms with Gasteiger partial charge in [0.15, 0.2) is 5.65 Å². The minimum absolute atomic E-state index is 0.179. The van der Waals surface area contributed by atoms with Gasteiger partial charge in [0.25, 0.3) is 5.91 Å². The Morgan fingerprint density at radius 3 is 2.85 bits per heavy atom. The van der Waals surface area contributed by atoms with Crippen LogP contribution in [0.1, 0.15) is 40.4 Å². The Bertz CT molecular complexity index is 1380. The van der Waals surface area contributed by atoms with E-state index in [4.69, 9.17) is 16.1 Å². The third kappa shape index (κ3) is 4.19. The maximum absolute atomic E-state index is 12.9. The summed E-state index contributed by atoms with van der Waals surface area (Å²) in [4.78, 5) is 21.5. The zero-order valence-corrected chi connectivity index (χ0v) is 18.5. The fourth-order valence-corrected chi connectivity index (χ4v) is 4.28. The minimum atomic E-state index is -0.198. The van der Waals surface area contributed by atoms with Crippen molar-refractivity contribution in [3.05, 3.63) is 71.5 Å². The average Bonchev–Trinajstić information content (AvgIpc) is 3.29. The topological polar surface area (TPSA) is 135 Å². The van der Waals surface area contributed by atoms with Crippen LogP contribution in [0.3, 0.4) is 0 Å². The molecule has 1 saturated heterocycles. The number of benzene rings is 2.